The summed E-state index contributed by atoms with van der Waals surface area (Å²) in [7, 11) is 0. The molecule has 0 amide bonds. The Hall–Kier alpha value is -0.820. The summed E-state index contributed by atoms with van der Waals surface area (Å²) in [4.78, 5) is 0. The van der Waals surface area contributed by atoms with Crippen LogP contribution in [0, 0.1) is 12.3 Å². The molecule has 0 saturated carbocycles. The molecule has 1 nitrogen and oxygen atoms in total. The Labute approximate surface area is 100 Å². The summed E-state index contributed by atoms with van der Waals surface area (Å²) in [6.45, 7) is 12.2. The molecule has 90 valence electrons. The predicted molar refractivity (Wildman–Crippen MR) is 71.7 cm³/mol. The van der Waals surface area contributed by atoms with Crippen LogP contribution >= 0.6 is 0 Å². The van der Waals surface area contributed by atoms with E-state index in [9.17, 15) is 0 Å². The molecule has 1 unspecified atom stereocenters. The van der Waals surface area contributed by atoms with Crippen LogP contribution < -0.4 is 5.32 Å². The zero-order valence-electron chi connectivity index (χ0n) is 11.3. The van der Waals surface area contributed by atoms with E-state index in [4.69, 9.17) is 0 Å². The van der Waals surface area contributed by atoms with Crippen molar-refractivity contribution in [1.82, 2.24) is 5.32 Å². The molecule has 1 rings (SSSR count). The maximum absolute atomic E-state index is 3.57. The maximum Gasteiger partial charge on any atom is 0.0325 e. The fraction of sp³-hybridized carbons (Fsp3) is 0.600. The molecule has 1 aromatic carbocycles. The zero-order chi connectivity index (χ0) is 12.2. The largest absolute Gasteiger partial charge is 0.310 e. The Bertz CT molecular complexity index is 305. The molecule has 0 fully saturated rings. The molecule has 0 spiro atoms. The molecule has 0 aromatic heterocycles. The van der Waals surface area contributed by atoms with Crippen molar-refractivity contribution in [3.8, 4) is 0 Å². The van der Waals surface area contributed by atoms with Crippen LogP contribution in [-0.4, -0.2) is 6.54 Å². The lowest BCUT2D eigenvalue weighted by Crippen LogP contribution is -2.25. The number of benzene rings is 1. The molecule has 0 aliphatic carbocycles. The first-order valence-corrected chi connectivity index (χ1v) is 6.22. The zero-order valence-corrected chi connectivity index (χ0v) is 11.3. The lowest BCUT2D eigenvalue weighted by molar-refractivity contribution is 0.314. The molecule has 0 aliphatic rings. The number of aryl methyl sites for hydroxylation is 1. The van der Waals surface area contributed by atoms with Gasteiger partial charge in [-0.2, -0.15) is 0 Å². The molecular weight excluding hydrogens is 194 g/mol. The van der Waals surface area contributed by atoms with E-state index in [0.29, 0.717) is 11.5 Å². The molecule has 1 aromatic rings. The average Bonchev–Trinajstić information content (AvgIpc) is 2.16. The summed E-state index contributed by atoms with van der Waals surface area (Å²) >= 11 is 0. The van der Waals surface area contributed by atoms with E-state index in [0.717, 1.165) is 6.54 Å². The number of nitrogens with one attached hydrogen (secondary N) is 1. The van der Waals surface area contributed by atoms with Crippen molar-refractivity contribution in [3.05, 3.63) is 35.4 Å². The van der Waals surface area contributed by atoms with E-state index < -0.39 is 0 Å². The predicted octanol–water partition coefficient (Wildman–Crippen LogP) is 4.08. The number of hydrogen-bond donors (Lipinski definition) is 1. The Morgan fingerprint density at radius 3 is 2.12 bits per heavy atom. The molecule has 1 heteroatoms. The van der Waals surface area contributed by atoms with Gasteiger partial charge in [-0.3, -0.25) is 0 Å². The van der Waals surface area contributed by atoms with Crippen molar-refractivity contribution in [3.63, 3.8) is 0 Å². The molecule has 16 heavy (non-hydrogen) atoms. The van der Waals surface area contributed by atoms with Crippen LogP contribution in [-0.2, 0) is 0 Å². The van der Waals surface area contributed by atoms with Gasteiger partial charge in [-0.15, -0.1) is 0 Å². The van der Waals surface area contributed by atoms with Gasteiger partial charge in [0.1, 0.15) is 0 Å². The van der Waals surface area contributed by atoms with Crippen LogP contribution in [0.25, 0.3) is 0 Å². The Balaban J connectivity index is 2.80. The summed E-state index contributed by atoms with van der Waals surface area (Å²) in [5, 5.41) is 3.57. The Morgan fingerprint density at radius 1 is 1.12 bits per heavy atom. The van der Waals surface area contributed by atoms with Gasteiger partial charge in [0.2, 0.25) is 0 Å². The lowest BCUT2D eigenvalue weighted by Gasteiger charge is -2.27. The van der Waals surface area contributed by atoms with Gasteiger partial charge in [0.15, 0.2) is 0 Å². The quantitative estimate of drug-likeness (QED) is 0.804. The second-order valence-electron chi connectivity index (χ2n) is 5.79. The molecule has 1 N–H and O–H groups in total. The summed E-state index contributed by atoms with van der Waals surface area (Å²) in [6.07, 6.45) is 1.17. The molecule has 0 aliphatic heterocycles. The molecule has 0 radical (unpaired) electrons. The normalized spacial score (nSPS) is 13.8. The highest BCUT2D eigenvalue weighted by molar-refractivity contribution is 5.24. The fourth-order valence-electron chi connectivity index (χ4n) is 1.97. The van der Waals surface area contributed by atoms with Crippen LogP contribution in [0.5, 0.6) is 0 Å². The van der Waals surface area contributed by atoms with Gasteiger partial charge in [-0.25, -0.2) is 0 Å². The van der Waals surface area contributed by atoms with E-state index in [2.05, 4.69) is 64.2 Å². The second kappa shape index (κ2) is 5.49. The third-order valence-corrected chi connectivity index (χ3v) is 2.75. The van der Waals surface area contributed by atoms with E-state index >= 15 is 0 Å². The highest BCUT2D eigenvalue weighted by Crippen LogP contribution is 2.29. The Morgan fingerprint density at radius 2 is 1.69 bits per heavy atom. The van der Waals surface area contributed by atoms with Crippen LogP contribution in [0.3, 0.4) is 0 Å². The highest BCUT2D eigenvalue weighted by atomic mass is 14.9. The molecule has 1 atom stereocenters. The van der Waals surface area contributed by atoms with Gasteiger partial charge in [0.05, 0.1) is 0 Å². The molecule has 0 bridgehead atoms. The van der Waals surface area contributed by atoms with E-state index in [1.807, 2.05) is 0 Å². The first-order valence-electron chi connectivity index (χ1n) is 6.22. The number of rotatable bonds is 4. The molecule has 0 saturated heterocycles. The van der Waals surface area contributed by atoms with E-state index in [1.165, 1.54) is 17.5 Å². The second-order valence-corrected chi connectivity index (χ2v) is 5.79. The van der Waals surface area contributed by atoms with Crippen molar-refractivity contribution in [2.24, 2.45) is 5.41 Å². The third kappa shape index (κ3) is 4.36. The van der Waals surface area contributed by atoms with Crippen LogP contribution in [0.15, 0.2) is 24.3 Å². The van der Waals surface area contributed by atoms with Crippen LogP contribution in [0.1, 0.15) is 51.3 Å². The van der Waals surface area contributed by atoms with Gasteiger partial charge in [-0.1, -0.05) is 57.5 Å². The van der Waals surface area contributed by atoms with E-state index in [-0.39, 0.29) is 0 Å². The summed E-state index contributed by atoms with van der Waals surface area (Å²) < 4.78 is 0. The minimum Gasteiger partial charge on any atom is -0.310 e. The van der Waals surface area contributed by atoms with Crippen LogP contribution in [0.2, 0.25) is 0 Å². The van der Waals surface area contributed by atoms with Gasteiger partial charge in [0, 0.05) is 6.04 Å². The fourth-order valence-corrected chi connectivity index (χ4v) is 1.97. The maximum atomic E-state index is 3.57. The van der Waals surface area contributed by atoms with Gasteiger partial charge in [0.25, 0.3) is 0 Å². The summed E-state index contributed by atoms with van der Waals surface area (Å²) in [6, 6.07) is 9.36. The van der Waals surface area contributed by atoms with Gasteiger partial charge < -0.3 is 5.32 Å². The monoisotopic (exact) mass is 219 g/mol. The highest BCUT2D eigenvalue weighted by Gasteiger charge is 2.19. The average molecular weight is 219 g/mol. The standard InChI is InChI=1S/C15H25N/c1-6-16-14(11-15(3,4)5)13-9-7-12(2)8-10-13/h7-10,14,16H,6,11H2,1-5H3. The first-order chi connectivity index (χ1) is 7.42. The molecule has 0 heterocycles. The van der Waals surface area contributed by atoms with Crippen LogP contribution in [0.4, 0.5) is 0 Å². The van der Waals surface area contributed by atoms with Gasteiger partial charge in [-0.05, 0) is 30.9 Å². The first kappa shape index (κ1) is 13.2. The van der Waals surface area contributed by atoms with E-state index in [1.54, 1.807) is 0 Å². The number of hydrogen-bond acceptors (Lipinski definition) is 1. The minimum absolute atomic E-state index is 0.359. The topological polar surface area (TPSA) is 12.0 Å². The lowest BCUT2D eigenvalue weighted by atomic mass is 9.85. The van der Waals surface area contributed by atoms with Crippen molar-refractivity contribution in [2.45, 2.75) is 47.1 Å². The SMILES string of the molecule is CCNC(CC(C)(C)C)c1ccc(C)cc1. The van der Waals surface area contributed by atoms with Crippen molar-refractivity contribution in [1.29, 1.82) is 0 Å². The van der Waals surface area contributed by atoms with Crippen molar-refractivity contribution >= 4 is 0 Å². The molecular formula is C15H25N. The van der Waals surface area contributed by atoms with Crippen molar-refractivity contribution in [2.75, 3.05) is 6.54 Å². The smallest absolute Gasteiger partial charge is 0.0325 e. The summed E-state index contributed by atoms with van der Waals surface area (Å²) in [5.74, 6) is 0. The third-order valence-electron chi connectivity index (χ3n) is 2.75. The van der Waals surface area contributed by atoms with Crippen molar-refractivity contribution < 1.29 is 0 Å². The van der Waals surface area contributed by atoms with Gasteiger partial charge >= 0.3 is 0 Å². The summed E-state index contributed by atoms with van der Waals surface area (Å²) in [5.41, 5.74) is 3.09. The minimum atomic E-state index is 0.359. The Kier molecular flexibility index (Phi) is 4.55.